The van der Waals surface area contributed by atoms with Gasteiger partial charge >= 0.3 is 0 Å². The average molecular weight is 697 g/mol. The summed E-state index contributed by atoms with van der Waals surface area (Å²) in [7, 11) is 0. The van der Waals surface area contributed by atoms with Crippen LogP contribution in [0.25, 0.3) is 65.8 Å². The van der Waals surface area contributed by atoms with Crippen molar-refractivity contribution in [3.8, 4) is 0 Å². The van der Waals surface area contributed by atoms with Gasteiger partial charge in [0, 0.05) is 43.6 Å². The quantitative estimate of drug-likeness (QED) is 0.169. The lowest BCUT2D eigenvalue weighted by Gasteiger charge is -2.46. The minimum atomic E-state index is -0.738. The standard InChI is InChI=1S/C49H32N2O3/c1-28(29-11-3-2-4-12-29)50-48-34-15-9-19-42-46(34)47-37(16-10-20-43(47)54-42)49(31-22-23-41-36(26-31)33-14-6-7-17-39(33)52-41)38-27-44-35(25-30(38)21-24-45(49)51-48)32-13-5-8-18-40(32)53-44/h2-20,22-23,25-27,45H,21,24H2,1H3. The van der Waals surface area contributed by atoms with Crippen molar-refractivity contribution in [3.63, 3.8) is 0 Å². The largest absolute Gasteiger partial charge is 0.456 e. The van der Waals surface area contributed by atoms with Crippen LogP contribution in [0.3, 0.4) is 0 Å². The van der Waals surface area contributed by atoms with Crippen molar-refractivity contribution in [1.82, 2.24) is 0 Å². The highest BCUT2D eigenvalue weighted by molar-refractivity contribution is 6.22. The molecule has 0 amide bonds. The lowest BCUT2D eigenvalue weighted by molar-refractivity contribution is 0.424. The Hall–Kier alpha value is -6.72. The zero-order chi connectivity index (χ0) is 35.5. The number of para-hydroxylation sites is 2. The maximum atomic E-state index is 6.74. The molecule has 2 unspecified atom stereocenters. The van der Waals surface area contributed by atoms with Gasteiger partial charge in [-0.3, -0.25) is 4.99 Å². The summed E-state index contributed by atoms with van der Waals surface area (Å²) in [4.78, 5) is 11.2. The second-order valence-electron chi connectivity index (χ2n) is 14.8. The summed E-state index contributed by atoms with van der Waals surface area (Å²) in [6.07, 6.45) is 1.69. The summed E-state index contributed by atoms with van der Waals surface area (Å²) < 4.78 is 19.8. The lowest BCUT2D eigenvalue weighted by atomic mass is 9.58. The molecule has 256 valence electrons. The first-order valence-electron chi connectivity index (χ1n) is 18.7. The van der Waals surface area contributed by atoms with E-state index >= 15 is 0 Å². The normalized spacial score (nSPS) is 18.4. The molecule has 5 heteroatoms. The molecule has 0 spiro atoms. The van der Waals surface area contributed by atoms with Crippen molar-refractivity contribution in [2.75, 3.05) is 0 Å². The van der Waals surface area contributed by atoms with E-state index in [1.54, 1.807) is 0 Å². The number of benzene rings is 7. The van der Waals surface area contributed by atoms with Gasteiger partial charge in [-0.15, -0.1) is 0 Å². The summed E-state index contributed by atoms with van der Waals surface area (Å²) in [5, 5.41) is 6.59. The minimum absolute atomic E-state index is 0.214. The van der Waals surface area contributed by atoms with E-state index in [0.717, 1.165) is 107 Å². The Balaban J connectivity index is 1.26. The van der Waals surface area contributed by atoms with Crippen molar-refractivity contribution in [2.24, 2.45) is 9.98 Å². The molecule has 5 nitrogen and oxygen atoms in total. The van der Waals surface area contributed by atoms with Crippen molar-refractivity contribution < 1.29 is 13.3 Å². The second-order valence-corrected chi connectivity index (χ2v) is 14.8. The topological polar surface area (TPSA) is 64.1 Å². The first-order valence-corrected chi connectivity index (χ1v) is 18.7. The Morgan fingerprint density at radius 2 is 1.22 bits per heavy atom. The fourth-order valence-corrected chi connectivity index (χ4v) is 9.63. The molecule has 0 radical (unpaired) electrons. The number of furan rings is 3. The third kappa shape index (κ3) is 3.98. The van der Waals surface area contributed by atoms with Crippen LogP contribution in [-0.2, 0) is 11.8 Å². The predicted molar refractivity (Wildman–Crippen MR) is 218 cm³/mol. The molecule has 4 heterocycles. The lowest BCUT2D eigenvalue weighted by Crippen LogP contribution is -2.45. The van der Waals surface area contributed by atoms with Gasteiger partial charge in [0.15, 0.2) is 5.84 Å². The second kappa shape index (κ2) is 10.9. The minimum Gasteiger partial charge on any atom is -0.456 e. The van der Waals surface area contributed by atoms with Gasteiger partial charge in [-0.2, -0.15) is 0 Å². The van der Waals surface area contributed by atoms with E-state index in [2.05, 4.69) is 128 Å². The highest BCUT2D eigenvalue weighted by Gasteiger charge is 2.50. The molecule has 10 aromatic rings. The van der Waals surface area contributed by atoms with Gasteiger partial charge in [0.25, 0.3) is 0 Å². The van der Waals surface area contributed by atoms with Crippen molar-refractivity contribution in [3.05, 3.63) is 179 Å². The first kappa shape index (κ1) is 29.8. The Morgan fingerprint density at radius 3 is 2.04 bits per heavy atom. The molecule has 2 atom stereocenters. The summed E-state index contributed by atoms with van der Waals surface area (Å²) >= 11 is 0. The van der Waals surface area contributed by atoms with Gasteiger partial charge in [0.05, 0.1) is 11.5 Å². The third-order valence-corrected chi connectivity index (χ3v) is 12.0. The Labute approximate surface area is 309 Å². The summed E-state index contributed by atoms with van der Waals surface area (Å²) in [5.74, 6) is 0.719. The molecule has 0 N–H and O–H groups in total. The summed E-state index contributed by atoms with van der Waals surface area (Å²) in [5.41, 5.74) is 12.2. The van der Waals surface area contributed by atoms with Crippen molar-refractivity contribution in [1.29, 1.82) is 0 Å². The zero-order valence-corrected chi connectivity index (χ0v) is 29.5. The molecule has 54 heavy (non-hydrogen) atoms. The summed E-state index contributed by atoms with van der Waals surface area (Å²) in [6, 6.07) is 51.1. The van der Waals surface area contributed by atoms with Crippen molar-refractivity contribution in [2.45, 2.75) is 31.2 Å². The molecule has 7 aromatic carbocycles. The number of hydrogen-bond acceptors (Lipinski definition) is 5. The molecule has 1 aliphatic heterocycles. The van der Waals surface area contributed by atoms with E-state index in [1.165, 1.54) is 16.7 Å². The maximum absolute atomic E-state index is 6.74. The molecule has 12 rings (SSSR count). The maximum Gasteiger partial charge on any atom is 0.155 e. The molecule has 1 aliphatic carbocycles. The van der Waals surface area contributed by atoms with Crippen LogP contribution in [0.4, 0.5) is 0 Å². The summed E-state index contributed by atoms with van der Waals surface area (Å²) in [6.45, 7) is 2.08. The van der Waals surface area contributed by atoms with E-state index in [-0.39, 0.29) is 6.04 Å². The van der Waals surface area contributed by atoms with Crippen molar-refractivity contribution >= 4 is 77.4 Å². The number of hydrogen-bond donors (Lipinski definition) is 0. The Bertz CT molecular complexity index is 3250. The van der Waals surface area contributed by atoms with Gasteiger partial charge in [0.1, 0.15) is 33.5 Å². The molecule has 0 bridgehead atoms. The van der Waals surface area contributed by atoms with Gasteiger partial charge in [0.2, 0.25) is 0 Å². The highest BCUT2D eigenvalue weighted by atomic mass is 16.3. The number of fused-ring (bicyclic) bond motifs is 10. The molecule has 0 saturated heterocycles. The van der Waals surface area contributed by atoms with Gasteiger partial charge in [-0.1, -0.05) is 97.1 Å². The molecule has 3 aromatic heterocycles. The van der Waals surface area contributed by atoms with Crippen LogP contribution in [0.5, 0.6) is 0 Å². The fourth-order valence-electron chi connectivity index (χ4n) is 9.63. The number of aliphatic imine (C=N–C) groups is 2. The van der Waals surface area contributed by atoms with E-state index in [1.807, 2.05) is 24.3 Å². The van der Waals surface area contributed by atoms with Gasteiger partial charge < -0.3 is 13.3 Å². The fraction of sp³-hybridized carbons (Fsp3) is 0.102. The zero-order valence-electron chi connectivity index (χ0n) is 29.5. The molecular weight excluding hydrogens is 665 g/mol. The molecule has 0 saturated carbocycles. The molecule has 2 aliphatic rings. The Morgan fingerprint density at radius 1 is 0.574 bits per heavy atom. The average Bonchev–Trinajstić information content (AvgIpc) is 3.90. The monoisotopic (exact) mass is 696 g/mol. The SMILES string of the molecule is CC(=NC1=NC2CCc3cc4c(cc3C2(c2ccc3oc5ccccc5c3c2)c2cccc3oc5cccc1c5c23)oc1ccccc14)c1ccccc1. The molecule has 0 fully saturated rings. The van der Waals surface area contributed by atoms with Crippen LogP contribution in [0, 0.1) is 0 Å². The van der Waals surface area contributed by atoms with Crippen LogP contribution in [0.1, 0.15) is 46.7 Å². The number of aryl methyl sites for hydroxylation is 1. The third-order valence-electron chi connectivity index (χ3n) is 12.0. The number of rotatable bonds is 2. The number of amidine groups is 1. The van der Waals surface area contributed by atoms with Gasteiger partial charge in [-0.05, 0) is 96.1 Å². The Kier molecular flexibility index (Phi) is 6.02. The van der Waals surface area contributed by atoms with Crippen LogP contribution in [0.15, 0.2) is 169 Å². The molecular formula is C49H32N2O3. The van der Waals surface area contributed by atoms with Crippen LogP contribution >= 0.6 is 0 Å². The van der Waals surface area contributed by atoms with E-state index in [9.17, 15) is 0 Å². The first-order chi connectivity index (χ1) is 26.6. The van der Waals surface area contributed by atoms with E-state index in [0.29, 0.717) is 0 Å². The van der Waals surface area contributed by atoms with E-state index in [4.69, 9.17) is 23.2 Å². The van der Waals surface area contributed by atoms with Crippen LogP contribution < -0.4 is 0 Å². The predicted octanol–water partition coefficient (Wildman–Crippen LogP) is 12.3. The van der Waals surface area contributed by atoms with Crippen LogP contribution in [0.2, 0.25) is 0 Å². The van der Waals surface area contributed by atoms with Gasteiger partial charge in [-0.25, -0.2) is 4.99 Å². The highest BCUT2D eigenvalue weighted by Crippen LogP contribution is 2.55. The van der Waals surface area contributed by atoms with Crippen LogP contribution in [-0.4, -0.2) is 17.6 Å². The smallest absolute Gasteiger partial charge is 0.155 e. The number of nitrogens with zero attached hydrogens (tertiary/aromatic N) is 2. The van der Waals surface area contributed by atoms with E-state index < -0.39 is 5.41 Å².